The monoisotopic (exact) mass is 531 g/mol. The Bertz CT molecular complexity index is 1490. The molecule has 190 valence electrons. The summed E-state index contributed by atoms with van der Waals surface area (Å²) in [5, 5.41) is 0.0615. The standard InChI is InChI=1S/C33H24F2N3P/c34-39(35,31-7-1-25(2-8-31)28-13-19-36-20-14-28,32-9-3-26(4-10-32)29-15-21-37-22-16-29)33-11-5-27(6-12-33)30-17-23-38-24-18-30/h1-24H. The molecule has 3 nitrogen and oxygen atoms in total. The number of nitrogens with zero attached hydrogens (tertiary/aromatic N) is 3. The van der Waals surface area contributed by atoms with Crippen molar-refractivity contribution in [2.75, 3.05) is 0 Å². The van der Waals surface area contributed by atoms with Crippen molar-refractivity contribution in [1.29, 1.82) is 0 Å². The topological polar surface area (TPSA) is 38.7 Å². The molecule has 0 fully saturated rings. The number of pyridine rings is 3. The zero-order chi connectivity index (χ0) is 26.7. The second-order valence-corrected chi connectivity index (χ2v) is 12.6. The quantitative estimate of drug-likeness (QED) is 0.209. The van der Waals surface area contributed by atoms with Crippen LogP contribution in [0.5, 0.6) is 0 Å². The Morgan fingerprint density at radius 2 is 0.513 bits per heavy atom. The summed E-state index contributed by atoms with van der Waals surface area (Å²) in [5.74, 6) is 0. The second-order valence-electron chi connectivity index (χ2n) is 9.25. The third kappa shape index (κ3) is 4.52. The second kappa shape index (κ2) is 9.94. The third-order valence-electron chi connectivity index (χ3n) is 7.00. The van der Waals surface area contributed by atoms with Crippen LogP contribution >= 0.6 is 7.22 Å². The fraction of sp³-hybridized carbons (Fsp3) is 0. The van der Waals surface area contributed by atoms with Crippen LogP contribution in [0.3, 0.4) is 0 Å². The van der Waals surface area contributed by atoms with Gasteiger partial charge in [-0.1, -0.05) is 0 Å². The molecule has 0 N–H and O–H groups in total. The van der Waals surface area contributed by atoms with Crippen molar-refractivity contribution in [3.8, 4) is 33.4 Å². The minimum absolute atomic E-state index is 0.0205. The van der Waals surface area contributed by atoms with Crippen molar-refractivity contribution in [2.24, 2.45) is 0 Å². The molecule has 0 unspecified atom stereocenters. The molecule has 0 atom stereocenters. The average molecular weight is 532 g/mol. The number of hydrogen-bond donors (Lipinski definition) is 0. The van der Waals surface area contributed by atoms with E-state index in [1.165, 1.54) is 0 Å². The molecule has 0 aliphatic carbocycles. The molecule has 6 heteroatoms. The zero-order valence-electron chi connectivity index (χ0n) is 20.9. The Labute approximate surface area is 226 Å². The van der Waals surface area contributed by atoms with E-state index in [-0.39, 0.29) is 15.9 Å². The fourth-order valence-electron chi connectivity index (χ4n) is 4.83. The van der Waals surface area contributed by atoms with Gasteiger partial charge in [0.1, 0.15) is 0 Å². The van der Waals surface area contributed by atoms with Crippen molar-refractivity contribution in [3.63, 3.8) is 0 Å². The molecule has 6 rings (SSSR count). The van der Waals surface area contributed by atoms with Crippen LogP contribution in [0, 0.1) is 0 Å². The summed E-state index contributed by atoms with van der Waals surface area (Å²) in [7, 11) is -5.80. The summed E-state index contributed by atoms with van der Waals surface area (Å²) in [6.45, 7) is 0. The van der Waals surface area contributed by atoms with Crippen molar-refractivity contribution >= 4 is 23.1 Å². The normalized spacial score (nSPS) is 12.4. The molecule has 6 aromatic rings. The Morgan fingerprint density at radius 1 is 0.308 bits per heavy atom. The van der Waals surface area contributed by atoms with Crippen LogP contribution in [0.15, 0.2) is 146 Å². The number of benzene rings is 3. The first kappa shape index (κ1) is 24.7. The Hall–Kier alpha value is -4.60. The summed E-state index contributed by atoms with van der Waals surface area (Å²) in [5.41, 5.74) is 5.37. The number of aromatic nitrogens is 3. The molecule has 0 saturated heterocycles. The van der Waals surface area contributed by atoms with E-state index >= 15 is 8.39 Å². The van der Waals surface area contributed by atoms with Gasteiger partial charge in [0.2, 0.25) is 0 Å². The molecule has 0 saturated carbocycles. The molecule has 0 amide bonds. The summed E-state index contributed by atoms with van der Waals surface area (Å²) in [6.07, 6.45) is 10.2. The van der Waals surface area contributed by atoms with E-state index in [0.717, 1.165) is 33.4 Å². The maximum absolute atomic E-state index is 17.7. The van der Waals surface area contributed by atoms with E-state index in [0.29, 0.717) is 0 Å². The molecular weight excluding hydrogens is 507 g/mol. The Balaban J connectivity index is 1.48. The van der Waals surface area contributed by atoms with Crippen molar-refractivity contribution in [1.82, 2.24) is 15.0 Å². The first-order valence-corrected chi connectivity index (χ1v) is 14.5. The van der Waals surface area contributed by atoms with Gasteiger partial charge in [-0.05, 0) is 0 Å². The fourth-order valence-corrected chi connectivity index (χ4v) is 7.74. The Morgan fingerprint density at radius 3 is 0.744 bits per heavy atom. The Kier molecular flexibility index (Phi) is 6.30. The summed E-state index contributed by atoms with van der Waals surface area (Å²) < 4.78 is 35.4. The van der Waals surface area contributed by atoms with Crippen molar-refractivity contribution < 1.29 is 8.39 Å². The van der Waals surface area contributed by atoms with Crippen LogP contribution in [0.2, 0.25) is 0 Å². The van der Waals surface area contributed by atoms with E-state index in [1.54, 1.807) is 110 Å². The van der Waals surface area contributed by atoms with Gasteiger partial charge in [-0.15, -0.1) is 0 Å². The number of halogens is 2. The van der Waals surface area contributed by atoms with Gasteiger partial charge < -0.3 is 0 Å². The first-order valence-electron chi connectivity index (χ1n) is 12.5. The van der Waals surface area contributed by atoms with Gasteiger partial charge in [0.25, 0.3) is 0 Å². The molecule has 0 spiro atoms. The van der Waals surface area contributed by atoms with E-state index < -0.39 is 7.22 Å². The first-order chi connectivity index (χ1) is 19.0. The zero-order valence-corrected chi connectivity index (χ0v) is 21.8. The predicted octanol–water partition coefficient (Wildman–Crippen LogP) is 7.47. The summed E-state index contributed by atoms with van der Waals surface area (Å²) in [4.78, 5) is 12.2. The number of rotatable bonds is 6. The summed E-state index contributed by atoms with van der Waals surface area (Å²) >= 11 is 0. The molecule has 0 radical (unpaired) electrons. The van der Waals surface area contributed by atoms with Gasteiger partial charge in [0.15, 0.2) is 0 Å². The molecule has 0 aliphatic heterocycles. The van der Waals surface area contributed by atoms with Crippen LogP contribution in [0.4, 0.5) is 8.39 Å². The van der Waals surface area contributed by atoms with Gasteiger partial charge in [-0.25, -0.2) is 0 Å². The van der Waals surface area contributed by atoms with Gasteiger partial charge in [0, 0.05) is 0 Å². The van der Waals surface area contributed by atoms with Gasteiger partial charge in [-0.3, -0.25) is 0 Å². The van der Waals surface area contributed by atoms with Crippen LogP contribution in [-0.2, 0) is 0 Å². The third-order valence-corrected chi connectivity index (χ3v) is 10.6. The van der Waals surface area contributed by atoms with Crippen molar-refractivity contribution in [3.05, 3.63) is 146 Å². The molecule has 0 aliphatic rings. The van der Waals surface area contributed by atoms with Gasteiger partial charge in [0.05, 0.1) is 0 Å². The molecule has 3 heterocycles. The number of hydrogen-bond acceptors (Lipinski definition) is 3. The van der Waals surface area contributed by atoms with Crippen LogP contribution < -0.4 is 15.9 Å². The van der Waals surface area contributed by atoms with E-state index in [9.17, 15) is 0 Å². The molecular formula is C33H24F2N3P. The predicted molar refractivity (Wildman–Crippen MR) is 157 cm³/mol. The van der Waals surface area contributed by atoms with Crippen LogP contribution in [-0.4, -0.2) is 15.0 Å². The summed E-state index contributed by atoms with van der Waals surface area (Å²) in [6, 6.07) is 31.2. The minimum atomic E-state index is -5.80. The van der Waals surface area contributed by atoms with E-state index in [2.05, 4.69) is 15.0 Å². The van der Waals surface area contributed by atoms with Crippen LogP contribution in [0.25, 0.3) is 33.4 Å². The van der Waals surface area contributed by atoms with E-state index in [4.69, 9.17) is 0 Å². The molecule has 39 heavy (non-hydrogen) atoms. The van der Waals surface area contributed by atoms with E-state index in [1.807, 2.05) is 36.4 Å². The average Bonchev–Trinajstić information content (AvgIpc) is 3.03. The SMILES string of the molecule is FP(F)(c1ccc(-c2ccncc2)cc1)(c1ccc(-c2ccncc2)cc1)c1ccc(-c2ccncc2)cc1. The maximum atomic E-state index is 17.7. The van der Waals surface area contributed by atoms with Crippen molar-refractivity contribution in [2.45, 2.75) is 0 Å². The molecule has 3 aromatic carbocycles. The van der Waals surface area contributed by atoms with Gasteiger partial charge >= 0.3 is 226 Å². The molecule has 3 aromatic heterocycles. The molecule has 0 bridgehead atoms. The van der Waals surface area contributed by atoms with Crippen LogP contribution in [0.1, 0.15) is 0 Å². The van der Waals surface area contributed by atoms with Gasteiger partial charge in [-0.2, -0.15) is 0 Å².